The van der Waals surface area contributed by atoms with Gasteiger partial charge in [-0.2, -0.15) is 0 Å². The van der Waals surface area contributed by atoms with Crippen molar-refractivity contribution in [3.05, 3.63) is 0 Å². The van der Waals surface area contributed by atoms with Crippen LogP contribution in [-0.4, -0.2) is 22.4 Å². The molecule has 0 spiro atoms. The van der Waals surface area contributed by atoms with Gasteiger partial charge in [0.05, 0.1) is 12.2 Å². The molecule has 2 N–H and O–H groups in total. The van der Waals surface area contributed by atoms with Crippen molar-refractivity contribution in [1.82, 2.24) is 0 Å². The van der Waals surface area contributed by atoms with Gasteiger partial charge in [0.2, 0.25) is 0 Å². The molecule has 0 aliphatic heterocycles. The largest absolute Gasteiger partial charge is 0.393 e. The lowest BCUT2D eigenvalue weighted by Crippen LogP contribution is -2.29. The van der Waals surface area contributed by atoms with E-state index >= 15 is 0 Å². The van der Waals surface area contributed by atoms with Gasteiger partial charge < -0.3 is 10.2 Å². The predicted octanol–water partition coefficient (Wildman–Crippen LogP) is 1.55. The zero-order valence-electron chi connectivity index (χ0n) is 7.75. The van der Waals surface area contributed by atoms with Gasteiger partial charge in [-0.15, -0.1) is 0 Å². The molecule has 0 aromatic rings. The third-order valence-electron chi connectivity index (χ3n) is 2.13. The van der Waals surface area contributed by atoms with Crippen molar-refractivity contribution in [2.24, 2.45) is 5.92 Å². The molecule has 2 nitrogen and oxygen atoms in total. The van der Waals surface area contributed by atoms with Crippen molar-refractivity contribution in [2.45, 2.75) is 52.2 Å². The van der Waals surface area contributed by atoms with Crippen LogP contribution in [0.4, 0.5) is 0 Å². The van der Waals surface area contributed by atoms with Crippen LogP contribution in [0.15, 0.2) is 0 Å². The summed E-state index contributed by atoms with van der Waals surface area (Å²) < 4.78 is 0. The summed E-state index contributed by atoms with van der Waals surface area (Å²) in [7, 11) is 0. The van der Waals surface area contributed by atoms with Crippen LogP contribution in [-0.2, 0) is 0 Å². The van der Waals surface area contributed by atoms with Crippen LogP contribution in [0, 0.1) is 5.92 Å². The van der Waals surface area contributed by atoms with Gasteiger partial charge in [0.25, 0.3) is 0 Å². The van der Waals surface area contributed by atoms with Crippen molar-refractivity contribution in [3.8, 4) is 0 Å². The molecule has 0 amide bonds. The molecule has 2 heteroatoms. The Morgan fingerprint density at radius 3 is 2.00 bits per heavy atom. The van der Waals surface area contributed by atoms with E-state index in [1.807, 2.05) is 20.8 Å². The molecule has 0 saturated heterocycles. The lowest BCUT2D eigenvalue weighted by atomic mass is 9.86. The summed E-state index contributed by atoms with van der Waals surface area (Å²) in [5.74, 6) is 0.383. The molecular weight excluding hydrogens is 140 g/mol. The Morgan fingerprint density at radius 2 is 1.64 bits per heavy atom. The van der Waals surface area contributed by atoms with Gasteiger partial charge in [0, 0.05) is 0 Å². The lowest BCUT2D eigenvalue weighted by molar-refractivity contribution is 0.00729. The summed E-state index contributed by atoms with van der Waals surface area (Å²) in [5, 5.41) is 18.2. The average molecular weight is 160 g/mol. The van der Waals surface area contributed by atoms with Crippen LogP contribution in [0.1, 0.15) is 40.0 Å². The first kappa shape index (κ1) is 10.9. The molecule has 68 valence electrons. The quantitative estimate of drug-likeness (QED) is 0.564. The highest BCUT2D eigenvalue weighted by atomic mass is 16.3. The molecule has 1 unspecified atom stereocenters. The average Bonchev–Trinajstić information content (AvgIpc) is 2.02. The van der Waals surface area contributed by atoms with Crippen molar-refractivity contribution < 1.29 is 10.2 Å². The summed E-state index contributed by atoms with van der Waals surface area (Å²) in [6, 6.07) is 0. The van der Waals surface area contributed by atoms with E-state index in [9.17, 15) is 5.11 Å². The molecule has 0 heterocycles. The van der Waals surface area contributed by atoms with Gasteiger partial charge in [0.1, 0.15) is 0 Å². The van der Waals surface area contributed by atoms with E-state index in [-0.39, 0.29) is 12.2 Å². The van der Waals surface area contributed by atoms with E-state index in [2.05, 4.69) is 0 Å². The third-order valence-corrected chi connectivity index (χ3v) is 2.13. The number of hydrogen-bond donors (Lipinski definition) is 2. The summed E-state index contributed by atoms with van der Waals surface area (Å²) in [4.78, 5) is 0. The summed E-state index contributed by atoms with van der Waals surface area (Å²) in [6.07, 6.45) is 1.87. The van der Waals surface area contributed by atoms with Crippen molar-refractivity contribution in [1.29, 1.82) is 0 Å². The molecule has 3 atom stereocenters. The Morgan fingerprint density at radius 1 is 1.09 bits per heavy atom. The minimum Gasteiger partial charge on any atom is -0.393 e. The Bertz CT molecular complexity index is 93.6. The van der Waals surface area contributed by atoms with Gasteiger partial charge in [-0.1, -0.05) is 20.8 Å². The number of aliphatic hydroxyl groups excluding tert-OH is 2. The maximum atomic E-state index is 9.19. The minimum absolute atomic E-state index is 0.254. The molecule has 1 rings (SSSR count). The minimum atomic E-state index is -0.270. The summed E-state index contributed by atoms with van der Waals surface area (Å²) in [5.41, 5.74) is 0. The first-order valence-corrected chi connectivity index (χ1v) is 4.56. The van der Waals surface area contributed by atoms with E-state index in [1.165, 1.54) is 0 Å². The predicted molar refractivity (Wildman–Crippen MR) is 46.4 cm³/mol. The fourth-order valence-corrected chi connectivity index (χ4v) is 1.28. The Labute approximate surface area is 69.2 Å². The van der Waals surface area contributed by atoms with Crippen LogP contribution < -0.4 is 0 Å². The molecule has 1 aliphatic carbocycles. The monoisotopic (exact) mass is 160 g/mol. The zero-order chi connectivity index (χ0) is 8.85. The fraction of sp³-hybridized carbons (Fsp3) is 1.00. The molecular formula is C9H20O2. The maximum absolute atomic E-state index is 9.19. The van der Waals surface area contributed by atoms with Gasteiger partial charge in [-0.3, -0.25) is 0 Å². The molecule has 0 bridgehead atoms. The highest BCUT2D eigenvalue weighted by Crippen LogP contribution is 2.23. The second-order valence-corrected chi connectivity index (χ2v) is 3.01. The Balaban J connectivity index is 0.000000461. The number of aliphatic hydroxyl groups is 2. The van der Waals surface area contributed by atoms with Gasteiger partial charge in [-0.25, -0.2) is 0 Å². The molecule has 1 fully saturated rings. The van der Waals surface area contributed by atoms with Crippen molar-refractivity contribution >= 4 is 0 Å². The second-order valence-electron chi connectivity index (χ2n) is 3.01. The van der Waals surface area contributed by atoms with Crippen LogP contribution in [0.5, 0.6) is 0 Å². The van der Waals surface area contributed by atoms with Crippen LogP contribution in [0.25, 0.3) is 0 Å². The van der Waals surface area contributed by atoms with Gasteiger partial charge in [0.15, 0.2) is 0 Å². The van der Waals surface area contributed by atoms with Gasteiger partial charge in [-0.05, 0) is 25.2 Å². The SMILES string of the molecule is CC.C[C@H]1CC[C@H](O)CC1O. The normalized spacial score (nSPS) is 37.4. The van der Waals surface area contributed by atoms with E-state index in [0.29, 0.717) is 12.3 Å². The van der Waals surface area contributed by atoms with Crippen LogP contribution in [0.3, 0.4) is 0 Å². The third kappa shape index (κ3) is 3.73. The zero-order valence-corrected chi connectivity index (χ0v) is 7.75. The summed E-state index contributed by atoms with van der Waals surface area (Å²) in [6.45, 7) is 6.02. The standard InChI is InChI=1S/C7H14O2.C2H6/c1-5-2-3-6(8)4-7(5)9;1-2/h5-9H,2-4H2,1H3;1-2H3/t5-,6-,7?;/m0./s1. The molecule has 0 aromatic heterocycles. The topological polar surface area (TPSA) is 40.5 Å². The Kier molecular flexibility index (Phi) is 5.51. The molecule has 1 saturated carbocycles. The molecule has 0 aromatic carbocycles. The maximum Gasteiger partial charge on any atom is 0.0590 e. The van der Waals surface area contributed by atoms with E-state index in [0.717, 1.165) is 12.8 Å². The molecule has 1 aliphatic rings. The van der Waals surface area contributed by atoms with Crippen molar-refractivity contribution in [2.75, 3.05) is 0 Å². The fourth-order valence-electron chi connectivity index (χ4n) is 1.28. The highest BCUT2D eigenvalue weighted by molar-refractivity contribution is 4.75. The van der Waals surface area contributed by atoms with E-state index in [1.54, 1.807) is 0 Å². The number of hydrogen-bond acceptors (Lipinski definition) is 2. The highest BCUT2D eigenvalue weighted by Gasteiger charge is 2.23. The first-order valence-electron chi connectivity index (χ1n) is 4.56. The summed E-state index contributed by atoms with van der Waals surface area (Å²) >= 11 is 0. The first-order chi connectivity index (χ1) is 5.20. The molecule has 0 radical (unpaired) electrons. The van der Waals surface area contributed by atoms with Gasteiger partial charge >= 0.3 is 0 Å². The van der Waals surface area contributed by atoms with E-state index in [4.69, 9.17) is 5.11 Å². The van der Waals surface area contributed by atoms with Crippen LogP contribution >= 0.6 is 0 Å². The second kappa shape index (κ2) is 5.56. The smallest absolute Gasteiger partial charge is 0.0590 e. The van der Waals surface area contributed by atoms with E-state index < -0.39 is 0 Å². The molecule has 11 heavy (non-hydrogen) atoms. The Hall–Kier alpha value is -0.0800. The van der Waals surface area contributed by atoms with Crippen LogP contribution in [0.2, 0.25) is 0 Å². The van der Waals surface area contributed by atoms with Crippen molar-refractivity contribution in [3.63, 3.8) is 0 Å². The number of rotatable bonds is 0. The lowest BCUT2D eigenvalue weighted by Gasteiger charge is -2.27.